The van der Waals surface area contributed by atoms with Crippen molar-refractivity contribution in [3.63, 3.8) is 0 Å². The molecule has 2 heterocycles. The highest BCUT2D eigenvalue weighted by Gasteiger charge is 2.33. The van der Waals surface area contributed by atoms with Gasteiger partial charge < -0.3 is 10.3 Å². The maximum absolute atomic E-state index is 5.45. The number of hydrogen-bond acceptors (Lipinski definition) is 5. The van der Waals surface area contributed by atoms with Crippen molar-refractivity contribution in [3.05, 3.63) is 11.9 Å². The molecule has 0 amide bonds. The van der Waals surface area contributed by atoms with Gasteiger partial charge in [-0.2, -0.15) is 0 Å². The SMILES string of the molecule is CCc1nc(NN)cc(N2CCCC2(C)C)n1. The summed E-state index contributed by atoms with van der Waals surface area (Å²) in [5.41, 5.74) is 2.79. The highest BCUT2D eigenvalue weighted by molar-refractivity contribution is 5.51. The topological polar surface area (TPSA) is 67.1 Å². The van der Waals surface area contributed by atoms with E-state index in [2.05, 4.69) is 41.1 Å². The minimum atomic E-state index is 0.172. The molecule has 1 aliphatic heterocycles. The van der Waals surface area contributed by atoms with E-state index in [0.717, 1.165) is 24.6 Å². The van der Waals surface area contributed by atoms with E-state index >= 15 is 0 Å². The zero-order valence-electron chi connectivity index (χ0n) is 10.8. The van der Waals surface area contributed by atoms with Gasteiger partial charge in [-0.05, 0) is 26.7 Å². The molecule has 1 aliphatic rings. The average molecular weight is 235 g/mol. The fourth-order valence-electron chi connectivity index (χ4n) is 2.39. The van der Waals surface area contributed by atoms with Crippen molar-refractivity contribution in [2.45, 2.75) is 45.6 Å². The van der Waals surface area contributed by atoms with E-state index < -0.39 is 0 Å². The summed E-state index contributed by atoms with van der Waals surface area (Å²) >= 11 is 0. The van der Waals surface area contributed by atoms with Crippen LogP contribution in [-0.4, -0.2) is 22.1 Å². The van der Waals surface area contributed by atoms with Crippen LogP contribution in [0, 0.1) is 0 Å². The highest BCUT2D eigenvalue weighted by atomic mass is 15.3. The summed E-state index contributed by atoms with van der Waals surface area (Å²) in [6.07, 6.45) is 3.23. The van der Waals surface area contributed by atoms with Crippen LogP contribution >= 0.6 is 0 Å². The van der Waals surface area contributed by atoms with Crippen LogP contribution < -0.4 is 16.2 Å². The van der Waals surface area contributed by atoms with Crippen LogP contribution in [0.4, 0.5) is 11.6 Å². The number of nitrogens with two attached hydrogens (primary N) is 1. The van der Waals surface area contributed by atoms with Crippen molar-refractivity contribution in [2.24, 2.45) is 5.84 Å². The molecule has 94 valence electrons. The Morgan fingerprint density at radius 1 is 1.47 bits per heavy atom. The van der Waals surface area contributed by atoms with Gasteiger partial charge in [-0.1, -0.05) is 6.92 Å². The molecule has 0 atom stereocenters. The van der Waals surface area contributed by atoms with Gasteiger partial charge in [0.2, 0.25) is 0 Å². The molecule has 0 saturated carbocycles. The molecule has 1 aromatic rings. The Morgan fingerprint density at radius 2 is 2.24 bits per heavy atom. The predicted octanol–water partition coefficient (Wildman–Crippen LogP) is 1.70. The number of aryl methyl sites for hydroxylation is 1. The maximum Gasteiger partial charge on any atom is 0.145 e. The second-order valence-electron chi connectivity index (χ2n) is 5.09. The normalized spacial score (nSPS) is 18.5. The molecule has 0 bridgehead atoms. The molecule has 5 nitrogen and oxygen atoms in total. The third-order valence-corrected chi connectivity index (χ3v) is 3.40. The van der Waals surface area contributed by atoms with Crippen molar-refractivity contribution in [1.82, 2.24) is 9.97 Å². The van der Waals surface area contributed by atoms with Crippen LogP contribution in [0.5, 0.6) is 0 Å². The van der Waals surface area contributed by atoms with E-state index in [9.17, 15) is 0 Å². The number of anilines is 2. The van der Waals surface area contributed by atoms with Gasteiger partial charge in [-0.3, -0.25) is 0 Å². The van der Waals surface area contributed by atoms with Gasteiger partial charge >= 0.3 is 0 Å². The molecule has 0 radical (unpaired) electrons. The molecule has 1 saturated heterocycles. The molecule has 0 spiro atoms. The smallest absolute Gasteiger partial charge is 0.145 e. The molecule has 1 aromatic heterocycles. The first-order valence-electron chi connectivity index (χ1n) is 6.19. The second-order valence-corrected chi connectivity index (χ2v) is 5.09. The zero-order chi connectivity index (χ0) is 12.5. The van der Waals surface area contributed by atoms with Crippen LogP contribution in [0.1, 0.15) is 39.4 Å². The van der Waals surface area contributed by atoms with E-state index in [-0.39, 0.29) is 5.54 Å². The number of nitrogens with one attached hydrogen (secondary N) is 1. The molecule has 0 aromatic carbocycles. The third-order valence-electron chi connectivity index (χ3n) is 3.40. The lowest BCUT2D eigenvalue weighted by molar-refractivity contribution is 0.513. The third kappa shape index (κ3) is 2.34. The lowest BCUT2D eigenvalue weighted by Gasteiger charge is -2.33. The zero-order valence-corrected chi connectivity index (χ0v) is 10.8. The lowest BCUT2D eigenvalue weighted by atomic mass is 10.0. The van der Waals surface area contributed by atoms with E-state index in [1.165, 1.54) is 12.8 Å². The predicted molar refractivity (Wildman–Crippen MR) is 69.9 cm³/mol. The molecule has 0 unspecified atom stereocenters. The minimum Gasteiger partial charge on any atom is -0.351 e. The second kappa shape index (κ2) is 4.49. The van der Waals surface area contributed by atoms with Crippen molar-refractivity contribution in [1.29, 1.82) is 0 Å². The van der Waals surface area contributed by atoms with Crippen LogP contribution in [0.3, 0.4) is 0 Å². The molecule has 0 aliphatic carbocycles. The fourth-order valence-corrected chi connectivity index (χ4v) is 2.39. The summed E-state index contributed by atoms with van der Waals surface area (Å²) in [4.78, 5) is 11.3. The van der Waals surface area contributed by atoms with E-state index in [0.29, 0.717) is 5.82 Å². The summed E-state index contributed by atoms with van der Waals surface area (Å²) < 4.78 is 0. The molecule has 17 heavy (non-hydrogen) atoms. The Morgan fingerprint density at radius 3 is 2.76 bits per heavy atom. The summed E-state index contributed by atoms with van der Waals surface area (Å²) in [7, 11) is 0. The Labute approximate surface area is 102 Å². The number of hydrazine groups is 1. The largest absolute Gasteiger partial charge is 0.351 e. The van der Waals surface area contributed by atoms with Gasteiger partial charge in [0.15, 0.2) is 0 Å². The molecular formula is C12H21N5. The van der Waals surface area contributed by atoms with E-state index in [1.54, 1.807) is 0 Å². The van der Waals surface area contributed by atoms with Crippen LogP contribution in [0.15, 0.2) is 6.07 Å². The number of nitrogens with zero attached hydrogens (tertiary/aromatic N) is 3. The first-order valence-corrected chi connectivity index (χ1v) is 6.19. The van der Waals surface area contributed by atoms with E-state index in [1.807, 2.05) is 6.07 Å². The highest BCUT2D eigenvalue weighted by Crippen LogP contribution is 2.33. The van der Waals surface area contributed by atoms with Crippen molar-refractivity contribution >= 4 is 11.6 Å². The summed E-state index contributed by atoms with van der Waals surface area (Å²) in [6.45, 7) is 7.61. The van der Waals surface area contributed by atoms with E-state index in [4.69, 9.17) is 5.84 Å². The van der Waals surface area contributed by atoms with Crippen molar-refractivity contribution in [2.75, 3.05) is 16.9 Å². The number of nitrogen functional groups attached to an aromatic ring is 1. The number of rotatable bonds is 3. The van der Waals surface area contributed by atoms with Crippen molar-refractivity contribution < 1.29 is 0 Å². The van der Waals surface area contributed by atoms with Gasteiger partial charge in [0, 0.05) is 24.6 Å². The van der Waals surface area contributed by atoms with Gasteiger partial charge in [0.25, 0.3) is 0 Å². The van der Waals surface area contributed by atoms with Crippen LogP contribution in [0.2, 0.25) is 0 Å². The quantitative estimate of drug-likeness (QED) is 0.616. The molecule has 3 N–H and O–H groups in total. The lowest BCUT2D eigenvalue weighted by Crippen LogP contribution is -2.39. The Kier molecular flexibility index (Phi) is 3.19. The summed E-state index contributed by atoms with van der Waals surface area (Å²) in [6, 6.07) is 1.92. The first-order chi connectivity index (χ1) is 8.06. The van der Waals surface area contributed by atoms with Gasteiger partial charge in [-0.15, -0.1) is 0 Å². The average Bonchev–Trinajstić information content (AvgIpc) is 2.68. The fraction of sp³-hybridized carbons (Fsp3) is 0.667. The number of aromatic nitrogens is 2. The minimum absolute atomic E-state index is 0.172. The number of hydrogen-bond donors (Lipinski definition) is 2. The molecule has 2 rings (SSSR count). The van der Waals surface area contributed by atoms with Gasteiger partial charge in [0.1, 0.15) is 17.5 Å². The van der Waals surface area contributed by atoms with Crippen LogP contribution in [-0.2, 0) is 6.42 Å². The standard InChI is InChI=1S/C12H21N5/c1-4-9-14-10(16-13)8-11(15-9)17-7-5-6-12(17,2)3/h8H,4-7,13H2,1-3H3,(H,14,15,16). The Balaban J connectivity index is 2.37. The molecule has 1 fully saturated rings. The Bertz CT molecular complexity index is 380. The van der Waals surface area contributed by atoms with Gasteiger partial charge in [-0.25, -0.2) is 15.8 Å². The molecule has 5 heteroatoms. The van der Waals surface area contributed by atoms with Crippen molar-refractivity contribution in [3.8, 4) is 0 Å². The maximum atomic E-state index is 5.45. The van der Waals surface area contributed by atoms with Gasteiger partial charge in [0.05, 0.1) is 0 Å². The molecular weight excluding hydrogens is 214 g/mol. The first kappa shape index (κ1) is 12.1. The Hall–Kier alpha value is -1.36. The summed E-state index contributed by atoms with van der Waals surface area (Å²) in [5.74, 6) is 7.95. The van der Waals surface area contributed by atoms with Crippen LogP contribution in [0.25, 0.3) is 0 Å². The summed E-state index contributed by atoms with van der Waals surface area (Å²) in [5, 5.41) is 0. The monoisotopic (exact) mass is 235 g/mol.